The van der Waals surface area contributed by atoms with Gasteiger partial charge in [0.05, 0.1) is 23.5 Å². The highest BCUT2D eigenvalue weighted by Gasteiger charge is 2.17. The Labute approximate surface area is 136 Å². The fraction of sp³-hybridized carbons (Fsp3) is 0.235. The third kappa shape index (κ3) is 4.39. The smallest absolute Gasteiger partial charge is 0.240 e. The van der Waals surface area contributed by atoms with Crippen LogP contribution in [0.4, 0.5) is 0 Å². The molecular formula is C17H18N2O3S. The van der Waals surface area contributed by atoms with Crippen LogP contribution in [0.5, 0.6) is 0 Å². The lowest BCUT2D eigenvalue weighted by Crippen LogP contribution is -2.28. The van der Waals surface area contributed by atoms with E-state index in [1.807, 2.05) is 25.1 Å². The second-order valence-corrected chi connectivity index (χ2v) is 6.97. The maximum Gasteiger partial charge on any atom is 0.240 e. The lowest BCUT2D eigenvalue weighted by molar-refractivity contribution is 0.181. The molecule has 0 aromatic heterocycles. The molecule has 0 unspecified atom stereocenters. The SMILES string of the molecule is Cc1ccccc1[C@@H](O)CNS(=O)(=O)c1ccc(CC#N)cc1. The molecule has 0 spiro atoms. The summed E-state index contributed by atoms with van der Waals surface area (Å²) in [6.45, 7) is 1.76. The van der Waals surface area contributed by atoms with Crippen molar-refractivity contribution >= 4 is 10.0 Å². The maximum atomic E-state index is 12.2. The summed E-state index contributed by atoms with van der Waals surface area (Å²) in [5, 5.41) is 18.8. The van der Waals surface area contributed by atoms with Gasteiger partial charge in [-0.2, -0.15) is 5.26 Å². The quantitative estimate of drug-likeness (QED) is 0.848. The van der Waals surface area contributed by atoms with Crippen molar-refractivity contribution < 1.29 is 13.5 Å². The number of rotatable bonds is 6. The zero-order chi connectivity index (χ0) is 16.9. The van der Waals surface area contributed by atoms with Crippen LogP contribution >= 0.6 is 0 Å². The predicted molar refractivity (Wildman–Crippen MR) is 87.1 cm³/mol. The first-order valence-electron chi connectivity index (χ1n) is 7.13. The molecule has 0 aliphatic heterocycles. The predicted octanol–water partition coefficient (Wildman–Crippen LogP) is 2.07. The van der Waals surface area contributed by atoms with Gasteiger partial charge in [0.2, 0.25) is 10.0 Å². The average Bonchev–Trinajstić information content (AvgIpc) is 2.54. The first-order chi connectivity index (χ1) is 10.9. The number of sulfonamides is 1. The molecule has 0 aliphatic rings. The number of nitrogens with zero attached hydrogens (tertiary/aromatic N) is 1. The molecule has 2 rings (SSSR count). The van der Waals surface area contributed by atoms with Crippen LogP contribution in [0.2, 0.25) is 0 Å². The van der Waals surface area contributed by atoms with Crippen LogP contribution in [-0.2, 0) is 16.4 Å². The molecule has 2 N–H and O–H groups in total. The fourth-order valence-corrected chi connectivity index (χ4v) is 3.26. The molecule has 0 radical (unpaired) electrons. The standard InChI is InChI=1S/C17H18N2O3S/c1-13-4-2-3-5-16(13)17(20)12-19-23(21,22)15-8-6-14(7-9-15)10-11-18/h2-9,17,19-20H,10,12H2,1H3/t17-/m0/s1. The normalized spacial score (nSPS) is 12.6. The van der Waals surface area contributed by atoms with Gasteiger partial charge in [-0.3, -0.25) is 0 Å². The minimum Gasteiger partial charge on any atom is -0.387 e. The number of aliphatic hydroxyl groups is 1. The van der Waals surface area contributed by atoms with Crippen molar-refractivity contribution in [1.82, 2.24) is 4.72 Å². The van der Waals surface area contributed by atoms with Gasteiger partial charge in [-0.15, -0.1) is 0 Å². The van der Waals surface area contributed by atoms with E-state index >= 15 is 0 Å². The molecule has 2 aromatic rings. The Bertz CT molecular complexity index is 808. The van der Waals surface area contributed by atoms with E-state index in [9.17, 15) is 13.5 Å². The Hall–Kier alpha value is -2.20. The number of nitrogens with one attached hydrogen (secondary N) is 1. The summed E-state index contributed by atoms with van der Waals surface area (Å²) in [4.78, 5) is 0.108. The zero-order valence-electron chi connectivity index (χ0n) is 12.7. The van der Waals surface area contributed by atoms with E-state index in [1.165, 1.54) is 12.1 Å². The van der Waals surface area contributed by atoms with Crippen molar-refractivity contribution in [2.45, 2.75) is 24.3 Å². The molecule has 2 aromatic carbocycles. The topological polar surface area (TPSA) is 90.2 Å². The van der Waals surface area contributed by atoms with Crippen LogP contribution in [0.15, 0.2) is 53.4 Å². The lowest BCUT2D eigenvalue weighted by atomic mass is 10.0. The number of hydrogen-bond acceptors (Lipinski definition) is 4. The molecule has 6 heteroatoms. The van der Waals surface area contributed by atoms with Gasteiger partial charge >= 0.3 is 0 Å². The minimum absolute atomic E-state index is 0.104. The number of benzene rings is 2. The van der Waals surface area contributed by atoms with Crippen molar-refractivity contribution in [2.24, 2.45) is 0 Å². The van der Waals surface area contributed by atoms with E-state index < -0.39 is 16.1 Å². The van der Waals surface area contributed by atoms with E-state index in [1.54, 1.807) is 24.3 Å². The molecule has 0 heterocycles. The van der Waals surface area contributed by atoms with Crippen molar-refractivity contribution in [1.29, 1.82) is 5.26 Å². The van der Waals surface area contributed by atoms with Crippen molar-refractivity contribution in [2.75, 3.05) is 6.54 Å². The van der Waals surface area contributed by atoms with Gasteiger partial charge in [0.1, 0.15) is 0 Å². The third-order valence-electron chi connectivity index (χ3n) is 3.53. The van der Waals surface area contributed by atoms with Gasteiger partial charge in [0.25, 0.3) is 0 Å². The molecule has 0 saturated heterocycles. The highest BCUT2D eigenvalue weighted by Crippen LogP contribution is 2.17. The first-order valence-corrected chi connectivity index (χ1v) is 8.61. The fourth-order valence-electron chi connectivity index (χ4n) is 2.22. The Morgan fingerprint density at radius 2 is 1.83 bits per heavy atom. The molecule has 120 valence electrons. The Balaban J connectivity index is 2.07. The monoisotopic (exact) mass is 330 g/mol. The Morgan fingerprint density at radius 1 is 1.17 bits per heavy atom. The molecule has 0 saturated carbocycles. The molecule has 0 fully saturated rings. The van der Waals surface area contributed by atoms with E-state index in [-0.39, 0.29) is 17.9 Å². The van der Waals surface area contributed by atoms with Crippen molar-refractivity contribution in [3.63, 3.8) is 0 Å². The number of aliphatic hydroxyl groups excluding tert-OH is 1. The van der Waals surface area contributed by atoms with Gasteiger partial charge < -0.3 is 5.11 Å². The summed E-state index contributed by atoms with van der Waals surface area (Å²) in [6.07, 6.45) is -0.677. The minimum atomic E-state index is -3.70. The highest BCUT2D eigenvalue weighted by molar-refractivity contribution is 7.89. The zero-order valence-corrected chi connectivity index (χ0v) is 13.5. The summed E-state index contributed by atoms with van der Waals surface area (Å²) >= 11 is 0. The first kappa shape index (κ1) is 17.2. The highest BCUT2D eigenvalue weighted by atomic mass is 32.2. The summed E-state index contributed by atoms with van der Waals surface area (Å²) in [7, 11) is -3.70. The molecular weight excluding hydrogens is 312 g/mol. The van der Waals surface area contributed by atoms with Crippen LogP contribution < -0.4 is 4.72 Å². The molecule has 0 aliphatic carbocycles. The lowest BCUT2D eigenvalue weighted by Gasteiger charge is -2.14. The number of hydrogen-bond donors (Lipinski definition) is 2. The van der Waals surface area contributed by atoms with E-state index in [0.717, 1.165) is 11.1 Å². The number of nitriles is 1. The Morgan fingerprint density at radius 3 is 2.43 bits per heavy atom. The van der Waals surface area contributed by atoms with Crippen LogP contribution in [0.3, 0.4) is 0 Å². The van der Waals surface area contributed by atoms with E-state index in [0.29, 0.717) is 5.56 Å². The molecule has 1 atom stereocenters. The maximum absolute atomic E-state index is 12.2. The van der Waals surface area contributed by atoms with Gasteiger partial charge in [-0.1, -0.05) is 36.4 Å². The van der Waals surface area contributed by atoms with Crippen molar-refractivity contribution in [3.8, 4) is 6.07 Å². The molecule has 23 heavy (non-hydrogen) atoms. The van der Waals surface area contributed by atoms with Gasteiger partial charge in [0, 0.05) is 6.54 Å². The average molecular weight is 330 g/mol. The van der Waals surface area contributed by atoms with Crippen molar-refractivity contribution in [3.05, 3.63) is 65.2 Å². The summed E-state index contributed by atoms with van der Waals surface area (Å²) < 4.78 is 26.9. The van der Waals surface area contributed by atoms with Crippen LogP contribution in [0.1, 0.15) is 22.8 Å². The largest absolute Gasteiger partial charge is 0.387 e. The van der Waals surface area contributed by atoms with Crippen LogP contribution in [-0.4, -0.2) is 20.1 Å². The Kier molecular flexibility index (Phi) is 5.50. The molecule has 5 nitrogen and oxygen atoms in total. The van der Waals surface area contributed by atoms with Gasteiger partial charge in [-0.05, 0) is 35.7 Å². The van der Waals surface area contributed by atoms with E-state index in [2.05, 4.69) is 4.72 Å². The van der Waals surface area contributed by atoms with Gasteiger partial charge in [0.15, 0.2) is 0 Å². The van der Waals surface area contributed by atoms with Crippen LogP contribution in [0, 0.1) is 18.3 Å². The second kappa shape index (κ2) is 7.38. The second-order valence-electron chi connectivity index (χ2n) is 5.20. The summed E-state index contributed by atoms with van der Waals surface area (Å²) in [5.41, 5.74) is 2.35. The van der Waals surface area contributed by atoms with E-state index in [4.69, 9.17) is 5.26 Å². The third-order valence-corrected chi connectivity index (χ3v) is 4.97. The van der Waals surface area contributed by atoms with Gasteiger partial charge in [-0.25, -0.2) is 13.1 Å². The summed E-state index contributed by atoms with van der Waals surface area (Å²) in [5.74, 6) is 0. The molecule has 0 bridgehead atoms. The summed E-state index contributed by atoms with van der Waals surface area (Å²) in [6, 6.07) is 15.4. The molecule has 0 amide bonds. The van der Waals surface area contributed by atoms with Crippen LogP contribution in [0.25, 0.3) is 0 Å². The number of aryl methyl sites for hydroxylation is 1.